The molecule has 5 nitrogen and oxygen atoms in total. The van der Waals surface area contributed by atoms with Crippen LogP contribution in [0.3, 0.4) is 0 Å². The number of thiophene rings is 1. The van der Waals surface area contributed by atoms with Crippen LogP contribution < -0.4 is 11.1 Å². The third-order valence-electron chi connectivity index (χ3n) is 4.86. The van der Waals surface area contributed by atoms with E-state index in [1.807, 2.05) is 55.4 Å². The van der Waals surface area contributed by atoms with Crippen molar-refractivity contribution >= 4 is 28.2 Å². The Hall–Kier alpha value is -1.40. The van der Waals surface area contributed by atoms with Crippen molar-refractivity contribution < 1.29 is 14.3 Å². The van der Waals surface area contributed by atoms with Crippen LogP contribution >= 0.6 is 11.3 Å². The Kier molecular flexibility index (Phi) is 4.85. The van der Waals surface area contributed by atoms with Gasteiger partial charge >= 0.3 is 0 Å². The molecular formula is C19H30N2O3S. The molecular weight excluding hydrogens is 336 g/mol. The number of hydrogen-bond donors (Lipinski definition) is 2. The summed E-state index contributed by atoms with van der Waals surface area (Å²) in [6.07, 6.45) is 0.589. The first kappa shape index (κ1) is 19.9. The molecule has 0 bridgehead atoms. The number of nitrogens with two attached hydrogens (primary N) is 1. The Morgan fingerprint density at radius 3 is 2.28 bits per heavy atom. The fraction of sp³-hybridized carbons (Fsp3) is 0.684. The van der Waals surface area contributed by atoms with E-state index in [1.54, 1.807) is 0 Å². The molecule has 0 radical (unpaired) electrons. The number of hydrogen-bond acceptors (Lipinski definition) is 4. The standard InChI is InChI=1S/C19H30N2O3S/c1-10(17(2,3)4)15(23)21-16-12(14(20)22)11-9-18(5,6)24-19(7,8)13(11)25-16/h10H,9H2,1-8H3,(H2,20,22)(H,21,23). The average molecular weight is 367 g/mol. The van der Waals surface area contributed by atoms with Crippen LogP contribution in [-0.4, -0.2) is 17.4 Å². The van der Waals surface area contributed by atoms with E-state index in [0.29, 0.717) is 17.0 Å². The van der Waals surface area contributed by atoms with Crippen molar-refractivity contribution in [1.82, 2.24) is 0 Å². The number of ether oxygens (including phenoxy) is 1. The zero-order chi connectivity index (χ0) is 19.4. The van der Waals surface area contributed by atoms with Crippen LogP contribution in [0.25, 0.3) is 0 Å². The van der Waals surface area contributed by atoms with Gasteiger partial charge in [0.05, 0.1) is 16.8 Å². The number of carbonyl (C=O) groups excluding carboxylic acids is 2. The van der Waals surface area contributed by atoms with Gasteiger partial charge in [0.15, 0.2) is 0 Å². The lowest BCUT2D eigenvalue weighted by Gasteiger charge is -2.41. The third kappa shape index (κ3) is 3.90. The first-order valence-electron chi connectivity index (χ1n) is 8.63. The Morgan fingerprint density at radius 2 is 1.80 bits per heavy atom. The minimum atomic E-state index is -0.537. The summed E-state index contributed by atoms with van der Waals surface area (Å²) in [6, 6.07) is 0. The molecule has 0 saturated heterocycles. The third-order valence-corrected chi connectivity index (χ3v) is 6.32. The molecule has 0 aliphatic carbocycles. The second-order valence-corrected chi connectivity index (χ2v) is 10.1. The molecule has 0 fully saturated rings. The van der Waals surface area contributed by atoms with Gasteiger partial charge in [-0.15, -0.1) is 11.3 Å². The topological polar surface area (TPSA) is 81.4 Å². The molecule has 140 valence electrons. The zero-order valence-electron chi connectivity index (χ0n) is 16.5. The molecule has 6 heteroatoms. The van der Waals surface area contributed by atoms with E-state index in [2.05, 4.69) is 5.32 Å². The molecule has 2 heterocycles. The fourth-order valence-electron chi connectivity index (χ4n) is 3.28. The highest BCUT2D eigenvalue weighted by Gasteiger charge is 2.43. The molecule has 3 N–H and O–H groups in total. The predicted octanol–water partition coefficient (Wildman–Crippen LogP) is 4.05. The summed E-state index contributed by atoms with van der Waals surface area (Å²) in [5.41, 5.74) is 5.90. The van der Waals surface area contributed by atoms with Crippen LogP contribution in [0.4, 0.5) is 5.00 Å². The lowest BCUT2D eigenvalue weighted by Crippen LogP contribution is -2.42. The van der Waals surface area contributed by atoms with Gasteiger partial charge in [-0.2, -0.15) is 0 Å². The quantitative estimate of drug-likeness (QED) is 0.846. The van der Waals surface area contributed by atoms with Crippen LogP contribution in [0.1, 0.15) is 76.2 Å². The van der Waals surface area contributed by atoms with Crippen molar-refractivity contribution in [1.29, 1.82) is 0 Å². The highest BCUT2D eigenvalue weighted by atomic mass is 32.1. The van der Waals surface area contributed by atoms with Crippen molar-refractivity contribution in [3.05, 3.63) is 16.0 Å². The molecule has 1 unspecified atom stereocenters. The van der Waals surface area contributed by atoms with Crippen molar-refractivity contribution in [2.24, 2.45) is 17.1 Å². The van der Waals surface area contributed by atoms with Crippen LogP contribution in [0.15, 0.2) is 0 Å². The number of rotatable bonds is 3. The molecule has 25 heavy (non-hydrogen) atoms. The Bertz CT molecular complexity index is 711. The molecule has 1 aliphatic rings. The van der Waals surface area contributed by atoms with Crippen LogP contribution in [0.5, 0.6) is 0 Å². The Morgan fingerprint density at radius 1 is 1.24 bits per heavy atom. The number of primary amides is 1. The number of anilines is 1. The van der Waals surface area contributed by atoms with Gasteiger partial charge in [0.2, 0.25) is 5.91 Å². The SMILES string of the molecule is CC(C(=O)Nc1sc2c(c1C(N)=O)CC(C)(C)OC2(C)C)C(C)(C)C. The Balaban J connectivity index is 2.50. The molecule has 1 atom stereocenters. The number of amides is 2. The zero-order valence-corrected chi connectivity index (χ0v) is 17.3. The molecule has 0 saturated carbocycles. The van der Waals surface area contributed by atoms with E-state index in [-0.39, 0.29) is 17.2 Å². The van der Waals surface area contributed by atoms with Crippen molar-refractivity contribution in [3.8, 4) is 0 Å². The maximum Gasteiger partial charge on any atom is 0.251 e. The van der Waals surface area contributed by atoms with E-state index in [9.17, 15) is 9.59 Å². The predicted molar refractivity (Wildman–Crippen MR) is 102 cm³/mol. The molecule has 1 aromatic rings. The lowest BCUT2D eigenvalue weighted by molar-refractivity contribution is -0.135. The van der Waals surface area contributed by atoms with Gasteiger partial charge in [0, 0.05) is 17.2 Å². The first-order chi connectivity index (χ1) is 11.2. The highest BCUT2D eigenvalue weighted by Crippen LogP contribution is 2.48. The van der Waals surface area contributed by atoms with E-state index in [4.69, 9.17) is 10.5 Å². The summed E-state index contributed by atoms with van der Waals surface area (Å²) in [5.74, 6) is -0.815. The van der Waals surface area contributed by atoms with Gasteiger partial charge < -0.3 is 15.8 Å². The van der Waals surface area contributed by atoms with Gasteiger partial charge in [-0.25, -0.2) is 0 Å². The van der Waals surface area contributed by atoms with Gasteiger partial charge in [-0.1, -0.05) is 27.7 Å². The number of fused-ring (bicyclic) bond motifs is 1. The molecule has 1 aliphatic heterocycles. The summed E-state index contributed by atoms with van der Waals surface area (Å²) >= 11 is 1.40. The summed E-state index contributed by atoms with van der Waals surface area (Å²) < 4.78 is 6.19. The smallest absolute Gasteiger partial charge is 0.251 e. The van der Waals surface area contributed by atoms with E-state index in [1.165, 1.54) is 11.3 Å². The monoisotopic (exact) mass is 366 g/mol. The van der Waals surface area contributed by atoms with Crippen LogP contribution in [0, 0.1) is 11.3 Å². The van der Waals surface area contributed by atoms with Crippen molar-refractivity contribution in [3.63, 3.8) is 0 Å². The van der Waals surface area contributed by atoms with Crippen molar-refractivity contribution in [2.45, 2.75) is 73.0 Å². The molecule has 0 spiro atoms. The number of nitrogens with one attached hydrogen (secondary N) is 1. The average Bonchev–Trinajstić information content (AvgIpc) is 2.73. The van der Waals surface area contributed by atoms with Gasteiger partial charge in [-0.05, 0) is 38.7 Å². The normalized spacial score (nSPS) is 19.8. The maximum absolute atomic E-state index is 12.6. The Labute approximate surface area is 154 Å². The van der Waals surface area contributed by atoms with E-state index >= 15 is 0 Å². The highest BCUT2D eigenvalue weighted by molar-refractivity contribution is 7.17. The molecule has 2 amide bonds. The maximum atomic E-state index is 12.6. The van der Waals surface area contributed by atoms with Crippen molar-refractivity contribution in [2.75, 3.05) is 5.32 Å². The van der Waals surface area contributed by atoms with Crippen LogP contribution in [0.2, 0.25) is 0 Å². The van der Waals surface area contributed by atoms with Gasteiger partial charge in [-0.3, -0.25) is 9.59 Å². The second-order valence-electron chi connectivity index (χ2n) is 9.10. The minimum absolute atomic E-state index is 0.105. The van der Waals surface area contributed by atoms with Gasteiger partial charge in [0.25, 0.3) is 5.91 Å². The van der Waals surface area contributed by atoms with Gasteiger partial charge in [0.1, 0.15) is 5.00 Å². The summed E-state index contributed by atoms with van der Waals surface area (Å²) in [6.45, 7) is 15.9. The molecule has 1 aromatic heterocycles. The number of carbonyl (C=O) groups is 2. The van der Waals surface area contributed by atoms with Crippen LogP contribution in [-0.2, 0) is 21.6 Å². The summed E-state index contributed by atoms with van der Waals surface area (Å²) in [4.78, 5) is 25.8. The van der Waals surface area contributed by atoms with E-state index < -0.39 is 17.1 Å². The second kappa shape index (κ2) is 6.09. The summed E-state index contributed by atoms with van der Waals surface area (Å²) in [5, 5.41) is 3.48. The molecule has 2 rings (SSSR count). The largest absolute Gasteiger partial charge is 0.365 e. The first-order valence-corrected chi connectivity index (χ1v) is 9.44. The fourth-order valence-corrected chi connectivity index (χ4v) is 4.55. The van der Waals surface area contributed by atoms with E-state index in [0.717, 1.165) is 10.4 Å². The minimum Gasteiger partial charge on any atom is -0.365 e. The summed E-state index contributed by atoms with van der Waals surface area (Å²) in [7, 11) is 0. The lowest BCUT2D eigenvalue weighted by atomic mass is 9.81. The molecule has 0 aromatic carbocycles.